The Morgan fingerprint density at radius 1 is 1.27 bits per heavy atom. The number of allylic oxidation sites excluding steroid dienone is 4. The van der Waals surface area contributed by atoms with Crippen LogP contribution in [0.25, 0.3) is 10.9 Å². The molecule has 134 valence electrons. The van der Waals surface area contributed by atoms with Crippen molar-refractivity contribution in [2.24, 2.45) is 0 Å². The fraction of sp³-hybridized carbons (Fsp3) is 0.263. The molecule has 1 aliphatic heterocycles. The summed E-state index contributed by atoms with van der Waals surface area (Å²) in [6, 6.07) is 5.32. The maximum atomic E-state index is 12.6. The zero-order valence-corrected chi connectivity index (χ0v) is 14.9. The predicted octanol–water partition coefficient (Wildman–Crippen LogP) is 3.01. The number of halogens is 1. The Hall–Kier alpha value is -2.57. The van der Waals surface area contributed by atoms with Gasteiger partial charge in [0.25, 0.3) is 5.91 Å². The van der Waals surface area contributed by atoms with E-state index < -0.39 is 0 Å². The molecule has 7 heteroatoms. The van der Waals surface area contributed by atoms with E-state index in [-0.39, 0.29) is 5.91 Å². The minimum Gasteiger partial charge on any atom is -0.378 e. The summed E-state index contributed by atoms with van der Waals surface area (Å²) in [5.41, 5.74) is 3.08. The number of benzene rings is 1. The number of ether oxygens (including phenoxy) is 1. The van der Waals surface area contributed by atoms with Crippen LogP contribution in [-0.2, 0) is 4.74 Å². The van der Waals surface area contributed by atoms with Crippen molar-refractivity contribution >= 4 is 28.4 Å². The maximum Gasteiger partial charge on any atom is 0.276 e. The first-order chi connectivity index (χ1) is 12.7. The number of amides is 1. The molecule has 1 aromatic heterocycles. The number of aromatic amines is 1. The van der Waals surface area contributed by atoms with E-state index >= 15 is 0 Å². The van der Waals surface area contributed by atoms with Gasteiger partial charge >= 0.3 is 0 Å². The smallest absolute Gasteiger partial charge is 0.276 e. The molecular weight excluding hydrogens is 352 g/mol. The Labute approximate surface area is 156 Å². The molecule has 2 aliphatic rings. The SMILES string of the molecule is O=C(NC1=CC=C(N2CCOCC2)C=CC1)c1n[nH]c2ccc(Cl)cc12. The van der Waals surface area contributed by atoms with E-state index in [0.717, 1.165) is 43.2 Å². The molecule has 1 aromatic carbocycles. The average Bonchev–Trinajstić information content (AvgIpc) is 2.93. The second-order valence-corrected chi connectivity index (χ2v) is 6.64. The van der Waals surface area contributed by atoms with Crippen molar-refractivity contribution in [3.63, 3.8) is 0 Å². The van der Waals surface area contributed by atoms with E-state index in [1.54, 1.807) is 12.1 Å². The summed E-state index contributed by atoms with van der Waals surface area (Å²) in [4.78, 5) is 14.9. The van der Waals surface area contributed by atoms with E-state index in [9.17, 15) is 4.79 Å². The Morgan fingerprint density at radius 2 is 2.12 bits per heavy atom. The Kier molecular flexibility index (Phi) is 4.77. The first kappa shape index (κ1) is 16.9. The van der Waals surface area contributed by atoms with E-state index in [1.807, 2.05) is 18.2 Å². The molecule has 0 bridgehead atoms. The summed E-state index contributed by atoms with van der Waals surface area (Å²) < 4.78 is 5.40. The van der Waals surface area contributed by atoms with Gasteiger partial charge in [-0.05, 0) is 36.4 Å². The van der Waals surface area contributed by atoms with Crippen LogP contribution in [0.1, 0.15) is 16.9 Å². The lowest BCUT2D eigenvalue weighted by Gasteiger charge is -2.29. The van der Waals surface area contributed by atoms with Gasteiger partial charge in [-0.25, -0.2) is 0 Å². The van der Waals surface area contributed by atoms with Crippen LogP contribution in [0.5, 0.6) is 0 Å². The fourth-order valence-electron chi connectivity index (χ4n) is 3.11. The molecule has 1 fully saturated rings. The largest absolute Gasteiger partial charge is 0.378 e. The third-order valence-electron chi connectivity index (χ3n) is 4.47. The summed E-state index contributed by atoms with van der Waals surface area (Å²) in [5.74, 6) is -0.249. The number of hydrogen-bond donors (Lipinski definition) is 2. The second kappa shape index (κ2) is 7.35. The van der Waals surface area contributed by atoms with Crippen LogP contribution in [0.15, 0.2) is 53.9 Å². The second-order valence-electron chi connectivity index (χ2n) is 6.21. The molecule has 4 rings (SSSR count). The number of fused-ring (bicyclic) bond motifs is 1. The highest BCUT2D eigenvalue weighted by molar-refractivity contribution is 6.31. The number of nitrogens with one attached hydrogen (secondary N) is 2. The van der Waals surface area contributed by atoms with Gasteiger partial charge in [0.1, 0.15) is 0 Å². The number of carbonyl (C=O) groups is 1. The average molecular weight is 371 g/mol. The van der Waals surface area contributed by atoms with Gasteiger partial charge in [0, 0.05) is 41.3 Å². The lowest BCUT2D eigenvalue weighted by molar-refractivity contribution is 0.0554. The lowest BCUT2D eigenvalue weighted by Crippen LogP contribution is -2.35. The molecule has 6 nitrogen and oxygen atoms in total. The summed E-state index contributed by atoms with van der Waals surface area (Å²) in [6.07, 6.45) is 8.78. The summed E-state index contributed by atoms with van der Waals surface area (Å²) in [7, 11) is 0. The van der Waals surface area contributed by atoms with E-state index in [4.69, 9.17) is 16.3 Å². The minimum absolute atomic E-state index is 0.249. The van der Waals surface area contributed by atoms with Crippen molar-refractivity contribution in [1.29, 1.82) is 0 Å². The molecule has 0 saturated carbocycles. The molecule has 0 atom stereocenters. The monoisotopic (exact) mass is 370 g/mol. The topological polar surface area (TPSA) is 70.2 Å². The van der Waals surface area contributed by atoms with Crippen LogP contribution in [-0.4, -0.2) is 47.3 Å². The molecule has 0 unspecified atom stereocenters. The first-order valence-corrected chi connectivity index (χ1v) is 8.93. The zero-order valence-electron chi connectivity index (χ0n) is 14.2. The van der Waals surface area contributed by atoms with Crippen molar-refractivity contribution in [3.05, 3.63) is 64.6 Å². The molecule has 2 aromatic rings. The van der Waals surface area contributed by atoms with Gasteiger partial charge in [-0.1, -0.05) is 17.7 Å². The highest BCUT2D eigenvalue weighted by Crippen LogP contribution is 2.21. The fourth-order valence-corrected chi connectivity index (χ4v) is 3.28. The third-order valence-corrected chi connectivity index (χ3v) is 4.71. The van der Waals surface area contributed by atoms with E-state index in [2.05, 4.69) is 32.6 Å². The van der Waals surface area contributed by atoms with Crippen molar-refractivity contribution in [2.75, 3.05) is 26.3 Å². The van der Waals surface area contributed by atoms with Gasteiger partial charge < -0.3 is 15.0 Å². The first-order valence-electron chi connectivity index (χ1n) is 8.56. The third kappa shape index (κ3) is 3.52. The number of rotatable bonds is 3. The van der Waals surface area contributed by atoms with Gasteiger partial charge in [0.15, 0.2) is 5.69 Å². The minimum atomic E-state index is -0.249. The van der Waals surface area contributed by atoms with Crippen LogP contribution in [0.3, 0.4) is 0 Å². The number of nitrogens with zero attached hydrogens (tertiary/aromatic N) is 2. The number of morpholine rings is 1. The van der Waals surface area contributed by atoms with Gasteiger partial charge in [0.05, 0.1) is 18.7 Å². The number of hydrogen-bond acceptors (Lipinski definition) is 4. The standard InChI is InChI=1S/C19H19ClN4O2/c20-13-4-7-17-16(12-13)18(23-22-17)19(25)21-14-2-1-3-15(6-5-14)24-8-10-26-11-9-24/h1,3-7,12H,2,8-11H2,(H,21,25)(H,22,23). The Balaban J connectivity index is 1.52. The van der Waals surface area contributed by atoms with Crippen molar-refractivity contribution in [2.45, 2.75) is 6.42 Å². The molecule has 0 spiro atoms. The van der Waals surface area contributed by atoms with Gasteiger partial charge in [-0.2, -0.15) is 5.10 Å². The predicted molar refractivity (Wildman–Crippen MR) is 101 cm³/mol. The Morgan fingerprint density at radius 3 is 2.96 bits per heavy atom. The number of aromatic nitrogens is 2. The van der Waals surface area contributed by atoms with Gasteiger partial charge in [0.2, 0.25) is 0 Å². The summed E-state index contributed by atoms with van der Waals surface area (Å²) in [6.45, 7) is 3.25. The van der Waals surface area contributed by atoms with E-state index in [1.165, 1.54) is 0 Å². The van der Waals surface area contributed by atoms with Crippen molar-refractivity contribution < 1.29 is 9.53 Å². The van der Waals surface area contributed by atoms with Crippen LogP contribution in [0.4, 0.5) is 0 Å². The Bertz CT molecular complexity index is 923. The van der Waals surface area contributed by atoms with Crippen LogP contribution >= 0.6 is 11.6 Å². The van der Waals surface area contributed by atoms with Crippen LogP contribution < -0.4 is 5.32 Å². The number of carbonyl (C=O) groups excluding carboxylic acids is 1. The normalized spacial score (nSPS) is 17.7. The van der Waals surface area contributed by atoms with Crippen LogP contribution in [0.2, 0.25) is 5.02 Å². The van der Waals surface area contributed by atoms with Crippen molar-refractivity contribution in [3.8, 4) is 0 Å². The maximum absolute atomic E-state index is 12.6. The highest BCUT2D eigenvalue weighted by atomic mass is 35.5. The molecular formula is C19H19ClN4O2. The summed E-state index contributed by atoms with van der Waals surface area (Å²) in [5, 5.41) is 11.2. The van der Waals surface area contributed by atoms with Crippen LogP contribution in [0, 0.1) is 0 Å². The number of H-pyrrole nitrogens is 1. The highest BCUT2D eigenvalue weighted by Gasteiger charge is 2.16. The molecule has 1 amide bonds. The van der Waals surface area contributed by atoms with E-state index in [0.29, 0.717) is 22.5 Å². The van der Waals surface area contributed by atoms with Gasteiger partial charge in [-0.3, -0.25) is 9.89 Å². The molecule has 1 saturated heterocycles. The lowest BCUT2D eigenvalue weighted by atomic mass is 10.2. The molecule has 0 radical (unpaired) electrons. The van der Waals surface area contributed by atoms with Gasteiger partial charge in [-0.15, -0.1) is 0 Å². The molecule has 26 heavy (non-hydrogen) atoms. The van der Waals surface area contributed by atoms with Crippen molar-refractivity contribution in [1.82, 2.24) is 20.4 Å². The molecule has 2 heterocycles. The molecule has 1 aliphatic carbocycles. The quantitative estimate of drug-likeness (QED) is 0.871. The summed E-state index contributed by atoms with van der Waals surface area (Å²) >= 11 is 6.04. The zero-order chi connectivity index (χ0) is 17.9. The molecule has 2 N–H and O–H groups in total.